The zero-order valence-electron chi connectivity index (χ0n) is 10.6. The summed E-state index contributed by atoms with van der Waals surface area (Å²) in [6, 6.07) is 8.72. The third-order valence-corrected chi connectivity index (χ3v) is 3.54. The molecular formula is C14H22N2O. The Kier molecular flexibility index (Phi) is 4.40. The molecule has 1 aromatic carbocycles. The summed E-state index contributed by atoms with van der Waals surface area (Å²) in [7, 11) is 0. The van der Waals surface area contributed by atoms with Crippen LogP contribution < -0.4 is 5.73 Å². The number of hydrogen-bond acceptors (Lipinski definition) is 3. The second-order valence-electron chi connectivity index (χ2n) is 4.62. The highest BCUT2D eigenvalue weighted by atomic mass is 16.5. The summed E-state index contributed by atoms with van der Waals surface area (Å²) < 4.78 is 5.51. The molecule has 0 aliphatic carbocycles. The van der Waals surface area contributed by atoms with E-state index >= 15 is 0 Å². The van der Waals surface area contributed by atoms with Crippen molar-refractivity contribution in [2.24, 2.45) is 0 Å². The summed E-state index contributed by atoms with van der Waals surface area (Å²) in [6.07, 6.45) is 2.19. The van der Waals surface area contributed by atoms with E-state index in [2.05, 4.69) is 24.0 Å². The van der Waals surface area contributed by atoms with Crippen LogP contribution in [0.1, 0.15) is 18.9 Å². The van der Waals surface area contributed by atoms with E-state index in [1.54, 1.807) is 0 Å². The summed E-state index contributed by atoms with van der Waals surface area (Å²) >= 11 is 0. The Morgan fingerprint density at radius 2 is 2.24 bits per heavy atom. The molecule has 1 aliphatic rings. The second kappa shape index (κ2) is 6.03. The lowest BCUT2D eigenvalue weighted by Crippen LogP contribution is -2.45. The van der Waals surface area contributed by atoms with Gasteiger partial charge in [-0.1, -0.05) is 25.1 Å². The highest BCUT2D eigenvalue weighted by Gasteiger charge is 2.20. The Morgan fingerprint density at radius 1 is 1.41 bits per heavy atom. The van der Waals surface area contributed by atoms with Gasteiger partial charge in [-0.2, -0.15) is 0 Å². The molecule has 1 aliphatic heterocycles. The van der Waals surface area contributed by atoms with Crippen LogP contribution in [0.15, 0.2) is 24.3 Å². The maximum absolute atomic E-state index is 5.96. The minimum Gasteiger partial charge on any atom is -0.399 e. The monoisotopic (exact) mass is 234 g/mol. The fourth-order valence-electron chi connectivity index (χ4n) is 2.39. The summed E-state index contributed by atoms with van der Waals surface area (Å²) in [5.74, 6) is 0. The topological polar surface area (TPSA) is 38.5 Å². The third kappa shape index (κ3) is 3.20. The molecule has 17 heavy (non-hydrogen) atoms. The van der Waals surface area contributed by atoms with E-state index in [1.807, 2.05) is 12.1 Å². The van der Waals surface area contributed by atoms with Gasteiger partial charge in [-0.15, -0.1) is 0 Å². The molecule has 0 aromatic heterocycles. The molecular weight excluding hydrogens is 212 g/mol. The van der Waals surface area contributed by atoms with Crippen LogP contribution >= 0.6 is 0 Å². The molecule has 2 rings (SSSR count). The molecule has 0 bridgehead atoms. The van der Waals surface area contributed by atoms with Crippen LogP contribution in [-0.2, 0) is 11.2 Å². The molecule has 1 aromatic rings. The van der Waals surface area contributed by atoms with E-state index in [0.29, 0.717) is 6.04 Å². The van der Waals surface area contributed by atoms with Gasteiger partial charge in [-0.05, 0) is 24.5 Å². The largest absolute Gasteiger partial charge is 0.399 e. The van der Waals surface area contributed by atoms with E-state index in [9.17, 15) is 0 Å². The zero-order chi connectivity index (χ0) is 12.1. The molecule has 0 amide bonds. The van der Waals surface area contributed by atoms with Crippen molar-refractivity contribution in [1.29, 1.82) is 0 Å². The van der Waals surface area contributed by atoms with Crippen LogP contribution in [-0.4, -0.2) is 37.2 Å². The third-order valence-electron chi connectivity index (χ3n) is 3.54. The molecule has 1 saturated heterocycles. The van der Waals surface area contributed by atoms with Gasteiger partial charge in [0, 0.05) is 24.8 Å². The van der Waals surface area contributed by atoms with Gasteiger partial charge in [0.15, 0.2) is 0 Å². The maximum atomic E-state index is 5.96. The lowest BCUT2D eigenvalue weighted by molar-refractivity contribution is -0.00790. The predicted octanol–water partition coefficient (Wildman–Crippen LogP) is 1.92. The minimum absolute atomic E-state index is 0.577. The van der Waals surface area contributed by atoms with E-state index in [4.69, 9.17) is 10.5 Å². The minimum atomic E-state index is 0.577. The van der Waals surface area contributed by atoms with Crippen molar-refractivity contribution < 1.29 is 4.74 Å². The van der Waals surface area contributed by atoms with Gasteiger partial charge in [-0.3, -0.25) is 4.90 Å². The van der Waals surface area contributed by atoms with Crippen LogP contribution in [0, 0.1) is 0 Å². The van der Waals surface area contributed by atoms with Gasteiger partial charge >= 0.3 is 0 Å². The first-order valence-electron chi connectivity index (χ1n) is 6.46. The van der Waals surface area contributed by atoms with Crippen molar-refractivity contribution in [3.05, 3.63) is 29.8 Å². The van der Waals surface area contributed by atoms with Gasteiger partial charge in [0.05, 0.1) is 13.2 Å². The van der Waals surface area contributed by atoms with Gasteiger partial charge < -0.3 is 10.5 Å². The number of nitrogens with two attached hydrogens (primary N) is 1. The molecule has 0 saturated carbocycles. The smallest absolute Gasteiger partial charge is 0.0622 e. The average Bonchev–Trinajstić information content (AvgIpc) is 2.38. The van der Waals surface area contributed by atoms with E-state index in [1.165, 1.54) is 5.56 Å². The molecule has 1 unspecified atom stereocenters. The number of morpholine rings is 1. The molecule has 1 fully saturated rings. The van der Waals surface area contributed by atoms with Crippen molar-refractivity contribution in [1.82, 2.24) is 4.90 Å². The zero-order valence-corrected chi connectivity index (χ0v) is 10.6. The van der Waals surface area contributed by atoms with Crippen LogP contribution in [0.4, 0.5) is 5.69 Å². The average molecular weight is 234 g/mol. The fraction of sp³-hybridized carbons (Fsp3) is 0.571. The fourth-order valence-corrected chi connectivity index (χ4v) is 2.39. The summed E-state index contributed by atoms with van der Waals surface area (Å²) in [4.78, 5) is 2.52. The highest BCUT2D eigenvalue weighted by Crippen LogP contribution is 2.15. The predicted molar refractivity (Wildman–Crippen MR) is 71.0 cm³/mol. The number of para-hydroxylation sites is 1. The number of benzene rings is 1. The van der Waals surface area contributed by atoms with Gasteiger partial charge in [0.25, 0.3) is 0 Å². The SMILES string of the molecule is CCC1COCCN1CCc1ccccc1N. The summed E-state index contributed by atoms with van der Waals surface area (Å²) in [5, 5.41) is 0. The Hall–Kier alpha value is -1.06. The van der Waals surface area contributed by atoms with Crippen molar-refractivity contribution in [2.75, 3.05) is 32.0 Å². The number of nitrogen functional groups attached to an aromatic ring is 1. The number of ether oxygens (including phenoxy) is 1. The molecule has 1 heterocycles. The molecule has 3 heteroatoms. The molecule has 1 atom stereocenters. The van der Waals surface area contributed by atoms with Crippen molar-refractivity contribution >= 4 is 5.69 Å². The molecule has 0 radical (unpaired) electrons. The van der Waals surface area contributed by atoms with E-state index < -0.39 is 0 Å². The molecule has 2 N–H and O–H groups in total. The van der Waals surface area contributed by atoms with Gasteiger partial charge in [-0.25, -0.2) is 0 Å². The number of rotatable bonds is 4. The first-order valence-corrected chi connectivity index (χ1v) is 6.46. The highest BCUT2D eigenvalue weighted by molar-refractivity contribution is 5.46. The molecule has 0 spiro atoms. The van der Waals surface area contributed by atoms with Crippen LogP contribution in [0.25, 0.3) is 0 Å². The second-order valence-corrected chi connectivity index (χ2v) is 4.62. The molecule has 94 valence electrons. The first kappa shape index (κ1) is 12.4. The Bertz CT molecular complexity index is 354. The first-order chi connectivity index (χ1) is 8.31. The maximum Gasteiger partial charge on any atom is 0.0622 e. The van der Waals surface area contributed by atoms with Crippen LogP contribution in [0.5, 0.6) is 0 Å². The van der Waals surface area contributed by atoms with Crippen LogP contribution in [0.2, 0.25) is 0 Å². The lowest BCUT2D eigenvalue weighted by Gasteiger charge is -2.35. The van der Waals surface area contributed by atoms with Crippen molar-refractivity contribution in [3.63, 3.8) is 0 Å². The number of nitrogens with zero attached hydrogens (tertiary/aromatic N) is 1. The normalized spacial score (nSPS) is 21.6. The number of anilines is 1. The molecule has 3 nitrogen and oxygen atoms in total. The van der Waals surface area contributed by atoms with Crippen LogP contribution in [0.3, 0.4) is 0 Å². The summed E-state index contributed by atoms with van der Waals surface area (Å²) in [5.41, 5.74) is 8.13. The Labute approximate surface area is 104 Å². The lowest BCUT2D eigenvalue weighted by atomic mass is 10.1. The number of hydrogen-bond donors (Lipinski definition) is 1. The quantitative estimate of drug-likeness (QED) is 0.809. The van der Waals surface area contributed by atoms with E-state index in [-0.39, 0.29) is 0 Å². The Morgan fingerprint density at radius 3 is 3.00 bits per heavy atom. The van der Waals surface area contributed by atoms with Crippen molar-refractivity contribution in [3.8, 4) is 0 Å². The van der Waals surface area contributed by atoms with Gasteiger partial charge in [0.1, 0.15) is 0 Å². The standard InChI is InChI=1S/C14H22N2O/c1-2-13-11-17-10-9-16(13)8-7-12-5-3-4-6-14(12)15/h3-6,13H,2,7-11,15H2,1H3. The summed E-state index contributed by atoms with van der Waals surface area (Å²) in [6.45, 7) is 6.09. The Balaban J connectivity index is 1.90. The van der Waals surface area contributed by atoms with Crippen molar-refractivity contribution in [2.45, 2.75) is 25.8 Å². The van der Waals surface area contributed by atoms with E-state index in [0.717, 1.165) is 44.8 Å². The van der Waals surface area contributed by atoms with Gasteiger partial charge in [0.2, 0.25) is 0 Å².